The van der Waals surface area contributed by atoms with Gasteiger partial charge in [-0.25, -0.2) is 4.79 Å². The minimum Gasteiger partial charge on any atom is -0.466 e. The third-order valence-corrected chi connectivity index (χ3v) is 6.99. The van der Waals surface area contributed by atoms with Crippen molar-refractivity contribution in [3.05, 3.63) is 35.9 Å². The van der Waals surface area contributed by atoms with Crippen LogP contribution >= 0.6 is 12.4 Å². The molecule has 0 bridgehead atoms. The highest BCUT2D eigenvalue weighted by molar-refractivity contribution is 5.86. The summed E-state index contributed by atoms with van der Waals surface area (Å²) in [4.78, 5) is 52.7. The van der Waals surface area contributed by atoms with Crippen LogP contribution < -0.4 is 11.1 Å². The largest absolute Gasteiger partial charge is 0.466 e. The lowest BCUT2D eigenvalue weighted by molar-refractivity contribution is -0.145. The van der Waals surface area contributed by atoms with Gasteiger partial charge in [-0.2, -0.15) is 0 Å². The number of piperidine rings is 2. The number of esters is 1. The molecule has 2 aliphatic heterocycles. The van der Waals surface area contributed by atoms with Crippen molar-refractivity contribution in [2.75, 3.05) is 32.8 Å². The van der Waals surface area contributed by atoms with Gasteiger partial charge in [-0.1, -0.05) is 30.3 Å². The van der Waals surface area contributed by atoms with E-state index in [2.05, 4.69) is 5.32 Å². The third-order valence-electron chi connectivity index (χ3n) is 6.99. The van der Waals surface area contributed by atoms with Gasteiger partial charge >= 0.3 is 12.1 Å². The van der Waals surface area contributed by atoms with E-state index in [-0.39, 0.29) is 50.1 Å². The van der Waals surface area contributed by atoms with Crippen LogP contribution in [0.4, 0.5) is 4.79 Å². The number of carbonyl (C=O) groups is 4. The summed E-state index contributed by atoms with van der Waals surface area (Å²) in [5.41, 5.74) is 6.80. The lowest BCUT2D eigenvalue weighted by Gasteiger charge is -2.34. The average molecular weight is 553 g/mol. The molecule has 1 unspecified atom stereocenters. The van der Waals surface area contributed by atoms with Crippen LogP contribution in [-0.4, -0.2) is 78.5 Å². The van der Waals surface area contributed by atoms with Gasteiger partial charge in [0.2, 0.25) is 11.8 Å². The highest BCUT2D eigenvalue weighted by Gasteiger charge is 2.29. The van der Waals surface area contributed by atoms with Crippen LogP contribution in [0.3, 0.4) is 0 Å². The molecule has 0 spiro atoms. The molecule has 3 N–H and O–H groups in total. The first kappa shape index (κ1) is 31.4. The monoisotopic (exact) mass is 552 g/mol. The molecule has 3 rings (SSSR count). The van der Waals surface area contributed by atoms with Gasteiger partial charge < -0.3 is 30.3 Å². The van der Waals surface area contributed by atoms with Crippen molar-refractivity contribution in [2.24, 2.45) is 11.7 Å². The quantitative estimate of drug-likeness (QED) is 0.426. The Balaban J connectivity index is 0.00000507. The molecule has 3 amide bonds. The second-order valence-corrected chi connectivity index (χ2v) is 9.81. The fraction of sp³-hybridized carbons (Fsp3) is 0.630. The van der Waals surface area contributed by atoms with Crippen LogP contribution in [-0.2, 0) is 30.5 Å². The Morgan fingerprint density at radius 3 is 2.42 bits per heavy atom. The number of nitrogens with one attached hydrogen (secondary N) is 1. The van der Waals surface area contributed by atoms with E-state index in [1.165, 1.54) is 0 Å². The van der Waals surface area contributed by atoms with Crippen molar-refractivity contribution < 1.29 is 28.7 Å². The van der Waals surface area contributed by atoms with Gasteiger partial charge in [0.05, 0.1) is 19.1 Å². The molecule has 0 saturated carbocycles. The molecule has 1 aromatic carbocycles. The number of nitrogens with two attached hydrogens (primary N) is 1. The van der Waals surface area contributed by atoms with Crippen LogP contribution in [0.2, 0.25) is 0 Å². The summed E-state index contributed by atoms with van der Waals surface area (Å²) in [6.45, 7) is 4.60. The molecule has 10 nitrogen and oxygen atoms in total. The summed E-state index contributed by atoms with van der Waals surface area (Å²) in [6.07, 6.45) is 4.04. The Bertz CT molecular complexity index is 910. The van der Waals surface area contributed by atoms with Crippen LogP contribution in [0.15, 0.2) is 30.3 Å². The number of hydrogen-bond acceptors (Lipinski definition) is 7. The number of likely N-dealkylation sites (tertiary alicyclic amines) is 2. The first-order valence-corrected chi connectivity index (χ1v) is 13.3. The number of benzene rings is 1. The van der Waals surface area contributed by atoms with E-state index in [4.69, 9.17) is 15.2 Å². The number of hydrogen-bond donors (Lipinski definition) is 2. The molecule has 2 atom stereocenters. The molecular weight excluding hydrogens is 512 g/mol. The Kier molecular flexibility index (Phi) is 13.4. The standard InChI is InChI=1S/C27H40N4O6.ClH/c1-2-36-25(33)17-23(28)26(34)29-22-9-6-14-31(18-22)24(32)11-10-20-12-15-30(16-13-20)27(35)37-19-21-7-4-3-5-8-21;/h3-5,7-8,20,22-23H,2,6,9-19,28H2,1H3,(H,29,34);1H/t22?,23-;/m1./s1. The summed E-state index contributed by atoms with van der Waals surface area (Å²) in [7, 11) is 0. The van der Waals surface area contributed by atoms with E-state index < -0.39 is 17.9 Å². The van der Waals surface area contributed by atoms with Crippen LogP contribution in [0.25, 0.3) is 0 Å². The SMILES string of the molecule is CCOC(=O)C[C@@H](N)C(=O)NC1CCCN(C(=O)CCC2CCN(C(=O)OCc3ccccc3)CC2)C1.Cl. The minimum absolute atomic E-state index is 0. The molecule has 1 aromatic rings. The zero-order valence-electron chi connectivity index (χ0n) is 22.1. The predicted octanol–water partition coefficient (Wildman–Crippen LogP) is 2.62. The second-order valence-electron chi connectivity index (χ2n) is 9.81. The average Bonchev–Trinajstić information content (AvgIpc) is 2.91. The smallest absolute Gasteiger partial charge is 0.410 e. The van der Waals surface area contributed by atoms with E-state index in [0.717, 1.165) is 37.7 Å². The Morgan fingerprint density at radius 1 is 1.03 bits per heavy atom. The van der Waals surface area contributed by atoms with E-state index in [0.29, 0.717) is 38.5 Å². The molecule has 38 heavy (non-hydrogen) atoms. The Morgan fingerprint density at radius 2 is 1.74 bits per heavy atom. The normalized spacial score (nSPS) is 18.6. The molecule has 0 aliphatic carbocycles. The molecule has 0 aromatic heterocycles. The van der Waals surface area contributed by atoms with Crippen molar-refractivity contribution in [1.82, 2.24) is 15.1 Å². The van der Waals surface area contributed by atoms with Crippen molar-refractivity contribution in [1.29, 1.82) is 0 Å². The number of ether oxygens (including phenoxy) is 2. The van der Waals surface area contributed by atoms with Crippen LogP contribution in [0, 0.1) is 5.92 Å². The summed E-state index contributed by atoms with van der Waals surface area (Å²) in [5, 5.41) is 2.88. The van der Waals surface area contributed by atoms with Gasteiger partial charge in [-0.3, -0.25) is 14.4 Å². The molecule has 0 radical (unpaired) electrons. The number of amides is 3. The van der Waals surface area contributed by atoms with Gasteiger partial charge in [-0.15, -0.1) is 12.4 Å². The van der Waals surface area contributed by atoms with Gasteiger partial charge in [0.25, 0.3) is 0 Å². The van der Waals surface area contributed by atoms with Crippen LogP contribution in [0.5, 0.6) is 0 Å². The maximum atomic E-state index is 12.9. The van der Waals surface area contributed by atoms with Crippen molar-refractivity contribution in [3.8, 4) is 0 Å². The highest BCUT2D eigenvalue weighted by Crippen LogP contribution is 2.23. The fourth-order valence-corrected chi connectivity index (χ4v) is 4.82. The predicted molar refractivity (Wildman–Crippen MR) is 144 cm³/mol. The van der Waals surface area contributed by atoms with Crippen LogP contribution in [0.1, 0.15) is 57.4 Å². The summed E-state index contributed by atoms with van der Waals surface area (Å²) in [5.74, 6) is -0.426. The van der Waals surface area contributed by atoms with E-state index in [9.17, 15) is 19.2 Å². The number of carbonyl (C=O) groups excluding carboxylic acids is 4. The summed E-state index contributed by atoms with van der Waals surface area (Å²) < 4.78 is 10.3. The first-order chi connectivity index (χ1) is 17.9. The number of nitrogens with zero attached hydrogens (tertiary/aromatic N) is 2. The Hall–Kier alpha value is -2.85. The summed E-state index contributed by atoms with van der Waals surface area (Å²) >= 11 is 0. The van der Waals surface area contributed by atoms with E-state index in [1.807, 2.05) is 30.3 Å². The molecule has 11 heteroatoms. The highest BCUT2D eigenvalue weighted by atomic mass is 35.5. The van der Waals surface area contributed by atoms with Gasteiger partial charge in [-0.05, 0) is 50.5 Å². The topological polar surface area (TPSA) is 131 Å². The lowest BCUT2D eigenvalue weighted by Crippen LogP contribution is -2.53. The molecule has 2 fully saturated rings. The number of halogens is 1. The van der Waals surface area contributed by atoms with Crippen molar-refractivity contribution in [2.45, 2.75) is 70.6 Å². The molecule has 212 valence electrons. The molecular formula is C27H41ClN4O6. The Labute approximate surface area is 231 Å². The van der Waals surface area contributed by atoms with E-state index >= 15 is 0 Å². The second kappa shape index (κ2) is 16.2. The van der Waals surface area contributed by atoms with Gasteiger partial charge in [0, 0.05) is 38.6 Å². The van der Waals surface area contributed by atoms with Gasteiger partial charge in [0.15, 0.2) is 0 Å². The zero-order valence-corrected chi connectivity index (χ0v) is 23.0. The molecule has 2 saturated heterocycles. The van der Waals surface area contributed by atoms with Crippen molar-refractivity contribution >= 4 is 36.3 Å². The molecule has 2 heterocycles. The number of rotatable bonds is 10. The van der Waals surface area contributed by atoms with E-state index in [1.54, 1.807) is 16.7 Å². The summed E-state index contributed by atoms with van der Waals surface area (Å²) in [6, 6.07) is 8.47. The zero-order chi connectivity index (χ0) is 26.6. The van der Waals surface area contributed by atoms with Crippen molar-refractivity contribution in [3.63, 3.8) is 0 Å². The molecule has 2 aliphatic rings. The lowest BCUT2D eigenvalue weighted by atomic mass is 9.92. The third kappa shape index (κ3) is 10.1. The maximum absolute atomic E-state index is 12.9. The van der Waals surface area contributed by atoms with Gasteiger partial charge in [0.1, 0.15) is 6.61 Å². The first-order valence-electron chi connectivity index (χ1n) is 13.3. The maximum Gasteiger partial charge on any atom is 0.410 e. The fourth-order valence-electron chi connectivity index (χ4n) is 4.82. The minimum atomic E-state index is -0.966.